The third-order valence-electron chi connectivity index (χ3n) is 3.16. The zero-order chi connectivity index (χ0) is 12.0. The van der Waals surface area contributed by atoms with E-state index in [2.05, 4.69) is 35.7 Å². The Morgan fingerprint density at radius 2 is 1.69 bits per heavy atom. The maximum absolute atomic E-state index is 5.84. The first kappa shape index (κ1) is 14.2. The molecule has 0 amide bonds. The van der Waals surface area contributed by atoms with Crippen molar-refractivity contribution in [3.8, 4) is 0 Å². The Kier molecular flexibility index (Phi) is 6.66. The fraction of sp³-hybridized carbons (Fsp3) is 1.00. The van der Waals surface area contributed by atoms with E-state index in [1.54, 1.807) is 0 Å². The van der Waals surface area contributed by atoms with Crippen molar-refractivity contribution in [2.24, 2.45) is 5.92 Å². The molecule has 1 heterocycles. The van der Waals surface area contributed by atoms with E-state index in [1.807, 2.05) is 0 Å². The highest BCUT2D eigenvalue weighted by Gasteiger charge is 2.17. The Bertz CT molecular complexity index is 179. The van der Waals surface area contributed by atoms with E-state index in [9.17, 15) is 0 Å². The molecule has 1 atom stereocenters. The van der Waals surface area contributed by atoms with Gasteiger partial charge in [0.05, 0.1) is 0 Å². The number of rotatable bonds is 6. The Labute approximate surface area is 105 Å². The fourth-order valence-electron chi connectivity index (χ4n) is 2.03. The summed E-state index contributed by atoms with van der Waals surface area (Å²) >= 11 is 5.84. The van der Waals surface area contributed by atoms with Gasteiger partial charge >= 0.3 is 0 Å². The average Bonchev–Trinajstić information content (AvgIpc) is 2.28. The summed E-state index contributed by atoms with van der Waals surface area (Å²) in [6.45, 7) is 10.6. The minimum atomic E-state index is 0.620. The monoisotopic (exact) mass is 247 g/mol. The van der Waals surface area contributed by atoms with Crippen molar-refractivity contribution >= 4 is 11.6 Å². The molecule has 1 fully saturated rings. The molecular formula is C12H26ClN3. The van der Waals surface area contributed by atoms with Gasteiger partial charge in [-0.25, -0.2) is 0 Å². The molecule has 0 saturated carbocycles. The van der Waals surface area contributed by atoms with Gasteiger partial charge in [-0.15, -0.1) is 11.6 Å². The van der Waals surface area contributed by atoms with E-state index >= 15 is 0 Å². The Balaban J connectivity index is 2.13. The Morgan fingerprint density at radius 1 is 1.12 bits per heavy atom. The van der Waals surface area contributed by atoms with Crippen LogP contribution in [0.3, 0.4) is 0 Å². The number of hydrogen-bond acceptors (Lipinski definition) is 3. The van der Waals surface area contributed by atoms with Crippen molar-refractivity contribution < 1.29 is 0 Å². The lowest BCUT2D eigenvalue weighted by Gasteiger charge is -2.36. The normalized spacial score (nSPS) is 21.6. The van der Waals surface area contributed by atoms with Gasteiger partial charge in [-0.05, 0) is 20.0 Å². The summed E-state index contributed by atoms with van der Waals surface area (Å²) in [5.74, 6) is 1.40. The van der Waals surface area contributed by atoms with Crippen molar-refractivity contribution in [1.29, 1.82) is 0 Å². The molecule has 16 heavy (non-hydrogen) atoms. The van der Waals surface area contributed by atoms with Gasteiger partial charge in [0, 0.05) is 51.7 Å². The molecule has 1 aliphatic rings. The van der Waals surface area contributed by atoms with Crippen molar-refractivity contribution in [2.75, 3.05) is 65.8 Å². The van der Waals surface area contributed by atoms with Crippen molar-refractivity contribution in [1.82, 2.24) is 14.7 Å². The van der Waals surface area contributed by atoms with Crippen LogP contribution in [-0.4, -0.2) is 80.5 Å². The maximum atomic E-state index is 5.84. The number of nitrogens with zero attached hydrogens (tertiary/aromatic N) is 3. The topological polar surface area (TPSA) is 9.72 Å². The van der Waals surface area contributed by atoms with Gasteiger partial charge in [0.25, 0.3) is 0 Å². The lowest BCUT2D eigenvalue weighted by Crippen LogP contribution is -2.49. The van der Waals surface area contributed by atoms with Crippen LogP contribution in [0.15, 0.2) is 0 Å². The molecule has 4 heteroatoms. The predicted molar refractivity (Wildman–Crippen MR) is 71.3 cm³/mol. The summed E-state index contributed by atoms with van der Waals surface area (Å²) in [4.78, 5) is 7.35. The number of piperazine rings is 1. The number of halogens is 1. The summed E-state index contributed by atoms with van der Waals surface area (Å²) < 4.78 is 0. The van der Waals surface area contributed by atoms with Crippen LogP contribution in [-0.2, 0) is 0 Å². The molecule has 0 spiro atoms. The van der Waals surface area contributed by atoms with Crippen molar-refractivity contribution in [3.05, 3.63) is 0 Å². The van der Waals surface area contributed by atoms with Crippen molar-refractivity contribution in [2.45, 2.75) is 6.92 Å². The zero-order valence-electron chi connectivity index (χ0n) is 11.0. The molecule has 0 N–H and O–H groups in total. The second kappa shape index (κ2) is 7.49. The molecule has 1 unspecified atom stereocenters. The van der Waals surface area contributed by atoms with Gasteiger partial charge in [-0.1, -0.05) is 6.92 Å². The van der Waals surface area contributed by atoms with Crippen LogP contribution in [0.2, 0.25) is 0 Å². The minimum absolute atomic E-state index is 0.620. The van der Waals surface area contributed by atoms with Crippen LogP contribution in [0.25, 0.3) is 0 Å². The third-order valence-corrected chi connectivity index (χ3v) is 3.69. The second-order valence-electron chi connectivity index (χ2n) is 5.20. The Hall–Kier alpha value is 0.170. The summed E-state index contributed by atoms with van der Waals surface area (Å²) in [5, 5.41) is 0. The number of alkyl halides is 1. The molecule has 0 radical (unpaired) electrons. The summed E-state index contributed by atoms with van der Waals surface area (Å²) in [6, 6.07) is 0. The quantitative estimate of drug-likeness (QED) is 0.650. The van der Waals surface area contributed by atoms with Gasteiger partial charge in [-0.2, -0.15) is 0 Å². The van der Waals surface area contributed by atoms with E-state index in [4.69, 9.17) is 11.6 Å². The molecule has 0 aromatic heterocycles. The molecule has 1 aliphatic heterocycles. The highest BCUT2D eigenvalue weighted by Crippen LogP contribution is 2.06. The molecule has 96 valence electrons. The summed E-state index contributed by atoms with van der Waals surface area (Å²) in [5.41, 5.74) is 0. The van der Waals surface area contributed by atoms with E-state index in [-0.39, 0.29) is 0 Å². The molecule has 0 aliphatic carbocycles. The third kappa shape index (κ3) is 5.48. The fourth-order valence-corrected chi connectivity index (χ4v) is 2.12. The lowest BCUT2D eigenvalue weighted by molar-refractivity contribution is 0.117. The second-order valence-corrected chi connectivity index (χ2v) is 5.51. The molecular weight excluding hydrogens is 222 g/mol. The first-order valence-corrected chi connectivity index (χ1v) is 6.80. The number of likely N-dealkylation sites (N-methyl/N-ethyl adjacent to an activating group) is 1. The lowest BCUT2D eigenvalue weighted by atomic mass is 10.2. The van der Waals surface area contributed by atoms with E-state index in [0.717, 1.165) is 19.0 Å². The molecule has 0 aromatic rings. The van der Waals surface area contributed by atoms with Crippen LogP contribution in [0.1, 0.15) is 6.92 Å². The molecule has 1 saturated heterocycles. The van der Waals surface area contributed by atoms with Crippen LogP contribution >= 0.6 is 11.6 Å². The van der Waals surface area contributed by atoms with Crippen LogP contribution in [0, 0.1) is 5.92 Å². The minimum Gasteiger partial charge on any atom is -0.308 e. The van der Waals surface area contributed by atoms with E-state index in [0.29, 0.717) is 5.92 Å². The van der Waals surface area contributed by atoms with E-state index < -0.39 is 0 Å². The van der Waals surface area contributed by atoms with E-state index in [1.165, 1.54) is 32.7 Å². The molecule has 1 rings (SSSR count). The van der Waals surface area contributed by atoms with Gasteiger partial charge in [0.2, 0.25) is 0 Å². The highest BCUT2D eigenvalue weighted by atomic mass is 35.5. The Morgan fingerprint density at radius 3 is 2.19 bits per heavy atom. The zero-order valence-corrected chi connectivity index (χ0v) is 11.7. The van der Waals surface area contributed by atoms with Crippen molar-refractivity contribution in [3.63, 3.8) is 0 Å². The SMILES string of the molecule is CC(CCl)CN1CCN(CCN(C)C)CC1. The average molecular weight is 248 g/mol. The predicted octanol–water partition coefficient (Wildman–Crippen LogP) is 1.04. The van der Waals surface area contributed by atoms with Crippen LogP contribution in [0.4, 0.5) is 0 Å². The highest BCUT2D eigenvalue weighted by molar-refractivity contribution is 6.18. The van der Waals surface area contributed by atoms with Crippen LogP contribution in [0.5, 0.6) is 0 Å². The first-order chi connectivity index (χ1) is 7.61. The summed E-state index contributed by atoms with van der Waals surface area (Å²) in [6.07, 6.45) is 0. The molecule has 0 bridgehead atoms. The van der Waals surface area contributed by atoms with Crippen LogP contribution < -0.4 is 0 Å². The number of hydrogen-bond donors (Lipinski definition) is 0. The standard InChI is InChI=1S/C12H26ClN3/c1-12(10-13)11-16-8-6-15(7-9-16)5-4-14(2)3/h12H,4-11H2,1-3H3. The van der Waals surface area contributed by atoms with Gasteiger partial charge in [-0.3, -0.25) is 4.90 Å². The van der Waals surface area contributed by atoms with Gasteiger partial charge < -0.3 is 9.80 Å². The largest absolute Gasteiger partial charge is 0.308 e. The smallest absolute Gasteiger partial charge is 0.0261 e. The van der Waals surface area contributed by atoms with Gasteiger partial charge in [0.1, 0.15) is 0 Å². The maximum Gasteiger partial charge on any atom is 0.0261 e. The molecule has 0 aromatic carbocycles. The molecule has 3 nitrogen and oxygen atoms in total. The first-order valence-electron chi connectivity index (χ1n) is 6.27. The van der Waals surface area contributed by atoms with Gasteiger partial charge in [0.15, 0.2) is 0 Å². The summed E-state index contributed by atoms with van der Waals surface area (Å²) in [7, 11) is 4.27.